The minimum atomic E-state index is 0.417. The van der Waals surface area contributed by atoms with Crippen molar-refractivity contribution in [2.45, 2.75) is 30.8 Å². The predicted octanol–water partition coefficient (Wildman–Crippen LogP) is 4.03. The molecule has 104 valence electrons. The molecule has 0 radical (unpaired) electrons. The average molecular weight is 312 g/mol. The van der Waals surface area contributed by atoms with E-state index < -0.39 is 0 Å². The standard InChI is InChI=1S/C15H12N4S2/c1-8-9(2)20-14-13(8)15(18-10(3)17-14)21-12-6-4-5-11(7-16)19-12/h4-6H,1-3H3. The molecular weight excluding hydrogens is 300 g/mol. The van der Waals surface area contributed by atoms with Crippen molar-refractivity contribution in [1.29, 1.82) is 5.26 Å². The summed E-state index contributed by atoms with van der Waals surface area (Å²) in [6.07, 6.45) is 0. The topological polar surface area (TPSA) is 62.5 Å². The van der Waals surface area contributed by atoms with Gasteiger partial charge in [0.25, 0.3) is 0 Å². The highest BCUT2D eigenvalue weighted by Crippen LogP contribution is 2.37. The van der Waals surface area contributed by atoms with Crippen molar-refractivity contribution >= 4 is 33.3 Å². The number of nitrogens with zero attached hydrogens (tertiary/aromatic N) is 4. The Labute approximate surface area is 130 Å². The molecule has 0 aromatic carbocycles. The Balaban J connectivity index is 2.13. The minimum Gasteiger partial charge on any atom is -0.230 e. The van der Waals surface area contributed by atoms with Gasteiger partial charge < -0.3 is 0 Å². The molecule has 3 aromatic heterocycles. The summed E-state index contributed by atoms with van der Waals surface area (Å²) in [6.45, 7) is 6.09. The molecule has 3 aromatic rings. The fraction of sp³-hybridized carbons (Fsp3) is 0.200. The second-order valence-electron chi connectivity index (χ2n) is 4.61. The Morgan fingerprint density at radius 1 is 1.14 bits per heavy atom. The summed E-state index contributed by atoms with van der Waals surface area (Å²) in [4.78, 5) is 15.6. The van der Waals surface area contributed by atoms with E-state index in [1.54, 1.807) is 17.4 Å². The first-order chi connectivity index (χ1) is 10.1. The van der Waals surface area contributed by atoms with E-state index in [4.69, 9.17) is 5.26 Å². The van der Waals surface area contributed by atoms with Crippen molar-refractivity contribution in [2.24, 2.45) is 0 Å². The Morgan fingerprint density at radius 3 is 2.71 bits per heavy atom. The van der Waals surface area contributed by atoms with Crippen molar-refractivity contribution in [3.63, 3.8) is 0 Å². The molecule has 0 aliphatic rings. The van der Waals surface area contributed by atoms with E-state index in [-0.39, 0.29) is 0 Å². The zero-order valence-corrected chi connectivity index (χ0v) is 13.5. The molecule has 0 N–H and O–H groups in total. The number of fused-ring (bicyclic) bond motifs is 1. The van der Waals surface area contributed by atoms with E-state index in [0.29, 0.717) is 5.69 Å². The van der Waals surface area contributed by atoms with Crippen LogP contribution < -0.4 is 0 Å². The van der Waals surface area contributed by atoms with Gasteiger partial charge in [0, 0.05) is 10.3 Å². The summed E-state index contributed by atoms with van der Waals surface area (Å²) in [6, 6.07) is 7.49. The van der Waals surface area contributed by atoms with Crippen LogP contribution in [0.4, 0.5) is 0 Å². The van der Waals surface area contributed by atoms with Gasteiger partial charge in [-0.25, -0.2) is 15.0 Å². The smallest absolute Gasteiger partial charge is 0.141 e. The van der Waals surface area contributed by atoms with Crippen LogP contribution in [0.3, 0.4) is 0 Å². The van der Waals surface area contributed by atoms with Gasteiger partial charge in [0.05, 0.1) is 0 Å². The molecule has 3 heterocycles. The Hall–Kier alpha value is -1.97. The zero-order chi connectivity index (χ0) is 15.0. The van der Waals surface area contributed by atoms with Gasteiger partial charge in [-0.05, 0) is 50.2 Å². The maximum absolute atomic E-state index is 8.95. The lowest BCUT2D eigenvalue weighted by Crippen LogP contribution is -1.92. The predicted molar refractivity (Wildman–Crippen MR) is 84.7 cm³/mol. The van der Waals surface area contributed by atoms with Crippen LogP contribution in [0.1, 0.15) is 22.0 Å². The Kier molecular flexibility index (Phi) is 3.62. The lowest BCUT2D eigenvalue weighted by Gasteiger charge is -2.04. The first-order valence-corrected chi connectivity index (χ1v) is 8.01. The third-order valence-corrected chi connectivity index (χ3v) is 5.17. The lowest BCUT2D eigenvalue weighted by molar-refractivity contribution is 1.01. The highest BCUT2D eigenvalue weighted by atomic mass is 32.2. The van der Waals surface area contributed by atoms with Gasteiger partial charge in [0.1, 0.15) is 32.5 Å². The lowest BCUT2D eigenvalue weighted by atomic mass is 10.2. The zero-order valence-electron chi connectivity index (χ0n) is 11.8. The summed E-state index contributed by atoms with van der Waals surface area (Å²) < 4.78 is 0. The molecule has 0 aliphatic heterocycles. The second kappa shape index (κ2) is 5.43. The van der Waals surface area contributed by atoms with Crippen molar-refractivity contribution in [3.05, 3.63) is 40.2 Å². The number of rotatable bonds is 2. The molecule has 21 heavy (non-hydrogen) atoms. The number of thiophene rings is 1. The number of pyridine rings is 1. The van der Waals surface area contributed by atoms with Crippen LogP contribution in [0.25, 0.3) is 10.2 Å². The number of nitriles is 1. The number of hydrogen-bond donors (Lipinski definition) is 0. The van der Waals surface area contributed by atoms with Crippen LogP contribution in [0.2, 0.25) is 0 Å². The van der Waals surface area contributed by atoms with Gasteiger partial charge in [-0.3, -0.25) is 0 Å². The van der Waals surface area contributed by atoms with Gasteiger partial charge in [-0.1, -0.05) is 6.07 Å². The minimum absolute atomic E-state index is 0.417. The van der Waals surface area contributed by atoms with Gasteiger partial charge in [-0.15, -0.1) is 11.3 Å². The molecule has 0 unspecified atom stereocenters. The molecule has 0 aliphatic carbocycles. The molecule has 0 amide bonds. The average Bonchev–Trinajstić information content (AvgIpc) is 2.74. The fourth-order valence-electron chi connectivity index (χ4n) is 2.02. The van der Waals surface area contributed by atoms with Crippen molar-refractivity contribution < 1.29 is 0 Å². The van der Waals surface area contributed by atoms with E-state index in [1.807, 2.05) is 19.1 Å². The molecule has 0 bridgehead atoms. The van der Waals surface area contributed by atoms with Crippen LogP contribution in [0.15, 0.2) is 28.3 Å². The first kappa shape index (κ1) is 14.0. The van der Waals surface area contributed by atoms with Gasteiger partial charge in [0.2, 0.25) is 0 Å². The van der Waals surface area contributed by atoms with Gasteiger partial charge in [0.15, 0.2) is 0 Å². The molecule has 0 saturated carbocycles. The molecule has 0 saturated heterocycles. The second-order valence-corrected chi connectivity index (χ2v) is 6.83. The van der Waals surface area contributed by atoms with Gasteiger partial charge in [-0.2, -0.15) is 5.26 Å². The quantitative estimate of drug-likeness (QED) is 0.668. The monoisotopic (exact) mass is 312 g/mol. The van der Waals surface area contributed by atoms with Crippen LogP contribution in [-0.2, 0) is 0 Å². The van der Waals surface area contributed by atoms with Gasteiger partial charge >= 0.3 is 0 Å². The number of aryl methyl sites for hydroxylation is 3. The van der Waals surface area contributed by atoms with Crippen LogP contribution >= 0.6 is 23.1 Å². The molecule has 0 fully saturated rings. The van der Waals surface area contributed by atoms with E-state index in [0.717, 1.165) is 26.1 Å². The summed E-state index contributed by atoms with van der Waals surface area (Å²) in [5, 5.41) is 11.7. The van der Waals surface area contributed by atoms with Crippen LogP contribution in [-0.4, -0.2) is 15.0 Å². The summed E-state index contributed by atoms with van der Waals surface area (Å²) in [7, 11) is 0. The highest BCUT2D eigenvalue weighted by molar-refractivity contribution is 7.99. The highest BCUT2D eigenvalue weighted by Gasteiger charge is 2.15. The molecule has 0 spiro atoms. The summed E-state index contributed by atoms with van der Waals surface area (Å²) in [5.74, 6) is 0.752. The largest absolute Gasteiger partial charge is 0.230 e. The maximum Gasteiger partial charge on any atom is 0.141 e. The van der Waals surface area contributed by atoms with Crippen LogP contribution in [0.5, 0.6) is 0 Å². The van der Waals surface area contributed by atoms with Crippen LogP contribution in [0, 0.1) is 32.1 Å². The van der Waals surface area contributed by atoms with E-state index >= 15 is 0 Å². The third kappa shape index (κ3) is 2.62. The first-order valence-electron chi connectivity index (χ1n) is 6.38. The third-order valence-electron chi connectivity index (χ3n) is 3.15. The molecular formula is C15H12N4S2. The summed E-state index contributed by atoms with van der Waals surface area (Å²) >= 11 is 3.17. The van der Waals surface area contributed by atoms with E-state index in [1.165, 1.54) is 22.2 Å². The van der Waals surface area contributed by atoms with Crippen molar-refractivity contribution in [1.82, 2.24) is 15.0 Å². The van der Waals surface area contributed by atoms with Crippen molar-refractivity contribution in [2.75, 3.05) is 0 Å². The Bertz CT molecular complexity index is 877. The number of aromatic nitrogens is 3. The molecule has 6 heteroatoms. The van der Waals surface area contributed by atoms with Crippen molar-refractivity contribution in [3.8, 4) is 6.07 Å². The number of hydrogen-bond acceptors (Lipinski definition) is 6. The maximum atomic E-state index is 8.95. The van der Waals surface area contributed by atoms with E-state index in [2.05, 4.69) is 34.9 Å². The molecule has 0 atom stereocenters. The molecule has 4 nitrogen and oxygen atoms in total. The Morgan fingerprint density at radius 2 is 1.95 bits per heavy atom. The molecule has 3 rings (SSSR count). The SMILES string of the molecule is Cc1nc(Sc2cccc(C#N)n2)c2c(C)c(C)sc2n1. The van der Waals surface area contributed by atoms with E-state index in [9.17, 15) is 0 Å². The normalized spacial score (nSPS) is 10.8. The fourth-order valence-corrected chi connectivity index (χ4v) is 4.18. The summed E-state index contributed by atoms with van der Waals surface area (Å²) in [5.41, 5.74) is 1.63.